The molecule has 112 valence electrons. The Morgan fingerprint density at radius 1 is 1.45 bits per heavy atom. The van der Waals surface area contributed by atoms with Crippen molar-refractivity contribution in [1.29, 1.82) is 0 Å². The third kappa shape index (κ3) is 3.49. The summed E-state index contributed by atoms with van der Waals surface area (Å²) >= 11 is 0. The largest absolute Gasteiger partial charge is 0.398 e. The van der Waals surface area contributed by atoms with Crippen molar-refractivity contribution >= 4 is 21.4 Å². The van der Waals surface area contributed by atoms with E-state index in [1.165, 1.54) is 20.1 Å². The second-order valence-corrected chi connectivity index (χ2v) is 6.68. The quantitative estimate of drug-likeness (QED) is 0.589. The molecule has 1 unspecified atom stereocenters. The lowest BCUT2D eigenvalue weighted by Crippen LogP contribution is -2.39. The summed E-state index contributed by atoms with van der Waals surface area (Å²) in [6.45, 7) is 3.58. The average Bonchev–Trinajstić information content (AvgIpc) is 2.40. The molecule has 0 aromatic heterocycles. The molecule has 0 heterocycles. The minimum atomic E-state index is -3.76. The zero-order valence-corrected chi connectivity index (χ0v) is 12.7. The van der Waals surface area contributed by atoms with Gasteiger partial charge < -0.3 is 15.8 Å². The molecular weight excluding hydrogens is 280 g/mol. The molecular formula is C13H20N2O4S. The van der Waals surface area contributed by atoms with Crippen molar-refractivity contribution in [3.05, 3.63) is 23.8 Å². The van der Waals surface area contributed by atoms with Crippen molar-refractivity contribution in [2.75, 3.05) is 26.0 Å². The normalized spacial score (nSPS) is 12.9. The van der Waals surface area contributed by atoms with Crippen LogP contribution in [0.5, 0.6) is 0 Å². The highest BCUT2D eigenvalue weighted by molar-refractivity contribution is 7.92. The fourth-order valence-electron chi connectivity index (χ4n) is 1.69. The predicted molar refractivity (Wildman–Crippen MR) is 77.1 cm³/mol. The lowest BCUT2D eigenvalue weighted by molar-refractivity contribution is -0.120. The summed E-state index contributed by atoms with van der Waals surface area (Å²) in [7, 11) is -2.26. The van der Waals surface area contributed by atoms with Crippen LogP contribution >= 0.6 is 0 Å². The number of carbonyl (C=O) groups excluding carboxylic acids is 1. The highest BCUT2D eigenvalue weighted by atomic mass is 32.2. The van der Waals surface area contributed by atoms with Crippen LogP contribution in [0.1, 0.15) is 12.5 Å². The number of hydrogen-bond acceptors (Lipinski definition) is 5. The van der Waals surface area contributed by atoms with Crippen molar-refractivity contribution in [1.82, 2.24) is 5.32 Å². The van der Waals surface area contributed by atoms with Crippen LogP contribution in [0, 0.1) is 6.92 Å². The van der Waals surface area contributed by atoms with Crippen LogP contribution in [0.2, 0.25) is 0 Å². The Morgan fingerprint density at radius 2 is 2.10 bits per heavy atom. The molecule has 1 rings (SSSR count). The van der Waals surface area contributed by atoms with Crippen molar-refractivity contribution < 1.29 is 17.9 Å². The molecule has 6 nitrogen and oxygen atoms in total. The van der Waals surface area contributed by atoms with E-state index in [4.69, 9.17) is 10.5 Å². The van der Waals surface area contributed by atoms with Gasteiger partial charge in [-0.3, -0.25) is 4.79 Å². The number of nitrogens with two attached hydrogens (primary N) is 1. The minimum Gasteiger partial charge on any atom is -0.398 e. The monoisotopic (exact) mass is 300 g/mol. The van der Waals surface area contributed by atoms with E-state index in [-0.39, 0.29) is 11.4 Å². The van der Waals surface area contributed by atoms with Gasteiger partial charge in [0.25, 0.3) is 0 Å². The second-order valence-electron chi connectivity index (χ2n) is 4.44. The molecule has 0 fully saturated rings. The summed E-state index contributed by atoms with van der Waals surface area (Å²) in [6, 6.07) is 4.64. The van der Waals surface area contributed by atoms with Gasteiger partial charge in [-0.15, -0.1) is 0 Å². The van der Waals surface area contributed by atoms with Gasteiger partial charge in [0, 0.05) is 19.3 Å². The van der Waals surface area contributed by atoms with E-state index in [0.29, 0.717) is 17.9 Å². The first kappa shape index (κ1) is 16.5. The summed E-state index contributed by atoms with van der Waals surface area (Å²) in [6.07, 6.45) is 0. The van der Waals surface area contributed by atoms with E-state index in [1.54, 1.807) is 19.1 Å². The molecule has 0 aliphatic heterocycles. The van der Waals surface area contributed by atoms with Crippen molar-refractivity contribution in [2.45, 2.75) is 24.0 Å². The maximum absolute atomic E-state index is 12.4. The van der Waals surface area contributed by atoms with Crippen molar-refractivity contribution in [3.8, 4) is 0 Å². The smallest absolute Gasteiger partial charge is 0.238 e. The fourth-order valence-corrected chi connectivity index (χ4v) is 3.25. The molecule has 20 heavy (non-hydrogen) atoms. The number of rotatable bonds is 6. The average molecular weight is 300 g/mol. The van der Waals surface area contributed by atoms with E-state index in [0.717, 1.165) is 0 Å². The molecule has 0 saturated carbocycles. The Bertz CT molecular complexity index is 584. The Labute approximate surface area is 119 Å². The lowest BCUT2D eigenvalue weighted by atomic mass is 10.2. The van der Waals surface area contributed by atoms with Crippen LogP contribution in [-0.4, -0.2) is 39.8 Å². The molecule has 0 bridgehead atoms. The number of nitrogen functional groups attached to an aromatic ring is 1. The van der Waals surface area contributed by atoms with E-state index in [9.17, 15) is 13.2 Å². The standard InChI is InChI=1S/C13H20N2O4S/c1-9-11(14)5-4-6-12(9)20(17,18)10(2)13(16)15-7-8-19-3/h4-6,10H,7-8,14H2,1-3H3,(H,15,16). The Morgan fingerprint density at radius 3 is 2.70 bits per heavy atom. The molecule has 0 saturated heterocycles. The van der Waals surface area contributed by atoms with Gasteiger partial charge in [0.15, 0.2) is 9.84 Å². The van der Waals surface area contributed by atoms with Crippen molar-refractivity contribution in [3.63, 3.8) is 0 Å². The highest BCUT2D eigenvalue weighted by Crippen LogP contribution is 2.24. The van der Waals surface area contributed by atoms with Gasteiger partial charge in [0.05, 0.1) is 11.5 Å². The van der Waals surface area contributed by atoms with Gasteiger partial charge >= 0.3 is 0 Å². The number of ether oxygens (including phenoxy) is 1. The summed E-state index contributed by atoms with van der Waals surface area (Å²) in [5, 5.41) is 1.34. The first-order valence-corrected chi connectivity index (χ1v) is 7.72. The van der Waals surface area contributed by atoms with Crippen LogP contribution in [0.15, 0.2) is 23.1 Å². The van der Waals surface area contributed by atoms with Crippen LogP contribution < -0.4 is 11.1 Å². The first-order chi connectivity index (χ1) is 9.32. The third-order valence-corrected chi connectivity index (χ3v) is 5.27. The van der Waals surface area contributed by atoms with Gasteiger partial charge in [-0.2, -0.15) is 0 Å². The summed E-state index contributed by atoms with van der Waals surface area (Å²) in [5.41, 5.74) is 6.56. The molecule has 3 N–H and O–H groups in total. The maximum Gasteiger partial charge on any atom is 0.238 e. The number of methoxy groups -OCH3 is 1. The lowest BCUT2D eigenvalue weighted by Gasteiger charge is -2.15. The number of amides is 1. The van der Waals surface area contributed by atoms with Gasteiger partial charge in [0.1, 0.15) is 5.25 Å². The molecule has 1 amide bonds. The number of sulfone groups is 1. The molecule has 0 spiro atoms. The molecule has 0 aliphatic carbocycles. The van der Waals surface area contributed by atoms with Crippen molar-refractivity contribution in [2.24, 2.45) is 0 Å². The Balaban J connectivity index is 2.98. The van der Waals surface area contributed by atoms with Crippen LogP contribution in [0.4, 0.5) is 5.69 Å². The number of nitrogens with one attached hydrogen (secondary N) is 1. The van der Waals surface area contributed by atoms with E-state index in [2.05, 4.69) is 5.32 Å². The number of anilines is 1. The molecule has 0 aliphatic rings. The molecule has 0 radical (unpaired) electrons. The van der Waals surface area contributed by atoms with Gasteiger partial charge in [-0.25, -0.2) is 8.42 Å². The number of hydrogen-bond donors (Lipinski definition) is 2. The number of benzene rings is 1. The van der Waals surface area contributed by atoms with Crippen LogP contribution in [0.3, 0.4) is 0 Å². The predicted octanol–water partition coefficient (Wildman–Crippen LogP) is 0.502. The molecule has 1 atom stereocenters. The van der Waals surface area contributed by atoms with Gasteiger partial charge in [-0.05, 0) is 31.5 Å². The highest BCUT2D eigenvalue weighted by Gasteiger charge is 2.31. The summed E-state index contributed by atoms with van der Waals surface area (Å²) < 4.78 is 29.7. The molecule has 1 aromatic carbocycles. The Kier molecular flexibility index (Phi) is 5.52. The summed E-state index contributed by atoms with van der Waals surface area (Å²) in [5.74, 6) is -0.552. The van der Waals surface area contributed by atoms with E-state index < -0.39 is 21.0 Å². The zero-order valence-electron chi connectivity index (χ0n) is 11.8. The number of carbonyl (C=O) groups is 1. The minimum absolute atomic E-state index is 0.0897. The molecule has 1 aromatic rings. The van der Waals surface area contributed by atoms with Crippen LogP contribution in [-0.2, 0) is 19.4 Å². The third-order valence-electron chi connectivity index (χ3n) is 3.07. The fraction of sp³-hybridized carbons (Fsp3) is 0.462. The maximum atomic E-state index is 12.4. The Hall–Kier alpha value is -1.60. The van der Waals surface area contributed by atoms with Crippen LogP contribution in [0.25, 0.3) is 0 Å². The first-order valence-electron chi connectivity index (χ1n) is 6.18. The van der Waals surface area contributed by atoms with E-state index >= 15 is 0 Å². The molecule has 7 heteroatoms. The van der Waals surface area contributed by atoms with E-state index in [1.807, 2.05) is 0 Å². The van der Waals surface area contributed by atoms with Gasteiger partial charge in [0.2, 0.25) is 5.91 Å². The van der Waals surface area contributed by atoms with Gasteiger partial charge in [-0.1, -0.05) is 6.07 Å². The zero-order chi connectivity index (χ0) is 15.3. The summed E-state index contributed by atoms with van der Waals surface area (Å²) in [4.78, 5) is 11.9. The second kappa shape index (κ2) is 6.71. The topological polar surface area (TPSA) is 98.5 Å². The SMILES string of the molecule is COCCNC(=O)C(C)S(=O)(=O)c1cccc(N)c1C.